The molecule has 2 unspecified atom stereocenters. The molecule has 7 nitrogen and oxygen atoms in total. The lowest BCUT2D eigenvalue weighted by atomic mass is 9.72. The third-order valence-corrected chi connectivity index (χ3v) is 12.0. The second kappa shape index (κ2) is 15.2. The van der Waals surface area contributed by atoms with E-state index in [1.807, 2.05) is 73.1 Å². The molecule has 7 rings (SSSR count). The van der Waals surface area contributed by atoms with Crippen molar-refractivity contribution in [3.8, 4) is 34.5 Å². The van der Waals surface area contributed by atoms with Crippen LogP contribution in [0.4, 0.5) is 0 Å². The Morgan fingerprint density at radius 3 is 1.44 bits per heavy atom. The molecule has 3 aliphatic heterocycles. The molecule has 280 valence electrons. The Balaban J connectivity index is 1.34. The van der Waals surface area contributed by atoms with Crippen LogP contribution in [0.5, 0.6) is 34.5 Å². The van der Waals surface area contributed by atoms with E-state index in [9.17, 15) is 0 Å². The van der Waals surface area contributed by atoms with Crippen molar-refractivity contribution < 1.29 is 22.8 Å². The first-order chi connectivity index (χ1) is 25.8. The third kappa shape index (κ3) is 8.19. The Morgan fingerprint density at radius 2 is 1.02 bits per heavy atom. The largest absolute Gasteiger partial charge is 0.449 e. The Kier molecular flexibility index (Phi) is 10.6. The van der Waals surface area contributed by atoms with Crippen molar-refractivity contribution in [3.05, 3.63) is 155 Å². The number of rotatable bonds is 4. The number of hydrogen-bond donors (Lipinski definition) is 2. The van der Waals surface area contributed by atoms with Gasteiger partial charge in [-0.1, -0.05) is 128 Å². The molecule has 0 amide bonds. The molecule has 0 fully saturated rings. The number of para-hydroxylation sites is 2. The van der Waals surface area contributed by atoms with Gasteiger partial charge in [0, 0.05) is 28.9 Å². The molecule has 0 radical (unpaired) electrons. The van der Waals surface area contributed by atoms with Crippen molar-refractivity contribution in [2.75, 3.05) is 0 Å². The number of hydrogen-bond acceptors (Lipinski definition) is 7. The van der Waals surface area contributed by atoms with Crippen molar-refractivity contribution in [1.29, 1.82) is 0 Å². The quantitative estimate of drug-likeness (QED) is 0.201. The number of ether oxygens (including phenoxy) is 1. The molecular formula is C45H50N2O5P2. The molecule has 0 spiro atoms. The van der Waals surface area contributed by atoms with Gasteiger partial charge in [0.05, 0.1) is 0 Å². The van der Waals surface area contributed by atoms with Crippen LogP contribution in [0.15, 0.2) is 122 Å². The summed E-state index contributed by atoms with van der Waals surface area (Å²) < 4.78 is 34.1. The molecule has 2 N–H and O–H groups in total. The van der Waals surface area contributed by atoms with Gasteiger partial charge in [0.15, 0.2) is 23.0 Å². The number of allylic oxidation sites excluding steroid dienone is 6. The van der Waals surface area contributed by atoms with Crippen LogP contribution in [0, 0.1) is 0 Å². The highest BCUT2D eigenvalue weighted by Crippen LogP contribution is 2.59. The van der Waals surface area contributed by atoms with Crippen molar-refractivity contribution in [1.82, 2.24) is 10.2 Å². The van der Waals surface area contributed by atoms with E-state index in [4.69, 9.17) is 22.8 Å². The van der Waals surface area contributed by atoms with Crippen LogP contribution >= 0.6 is 17.1 Å². The smallest absolute Gasteiger partial charge is 0.413 e. The first kappa shape index (κ1) is 37.6. The molecule has 9 heteroatoms. The molecule has 4 aromatic rings. The molecule has 4 aromatic carbocycles. The van der Waals surface area contributed by atoms with Gasteiger partial charge in [-0.05, 0) is 82.3 Å². The maximum absolute atomic E-state index is 7.08. The molecule has 0 aromatic heterocycles. The van der Waals surface area contributed by atoms with Crippen molar-refractivity contribution in [3.63, 3.8) is 0 Å². The Bertz CT molecular complexity index is 1990. The minimum atomic E-state index is -1.67. The summed E-state index contributed by atoms with van der Waals surface area (Å²) in [5, 5.41) is 6.75. The second-order valence-corrected chi connectivity index (χ2v) is 18.5. The molecule has 0 saturated heterocycles. The Hall–Kier alpha value is -4.70. The van der Waals surface area contributed by atoms with Gasteiger partial charge < -0.3 is 33.0 Å². The zero-order valence-electron chi connectivity index (χ0n) is 32.4. The topological polar surface area (TPSA) is 70.2 Å². The highest BCUT2D eigenvalue weighted by molar-refractivity contribution is 7.46. The van der Waals surface area contributed by atoms with Crippen LogP contribution in [0.2, 0.25) is 0 Å². The lowest BCUT2D eigenvalue weighted by Crippen LogP contribution is -2.27. The summed E-state index contributed by atoms with van der Waals surface area (Å²) in [6, 6.07) is 24.9. The monoisotopic (exact) mass is 760 g/mol. The Morgan fingerprint density at radius 1 is 0.593 bits per heavy atom. The molecular weight excluding hydrogens is 710 g/mol. The first-order valence-electron chi connectivity index (χ1n) is 18.5. The van der Waals surface area contributed by atoms with Gasteiger partial charge in [-0.25, -0.2) is 0 Å². The predicted molar refractivity (Wildman–Crippen MR) is 222 cm³/mol. The van der Waals surface area contributed by atoms with Crippen molar-refractivity contribution in [2.24, 2.45) is 0 Å². The summed E-state index contributed by atoms with van der Waals surface area (Å²) in [6.07, 6.45) is 17.5. The van der Waals surface area contributed by atoms with Crippen molar-refractivity contribution in [2.45, 2.75) is 84.5 Å². The van der Waals surface area contributed by atoms with Crippen LogP contribution in [-0.2, 0) is 29.1 Å². The van der Waals surface area contributed by atoms with E-state index in [0.29, 0.717) is 23.0 Å². The summed E-state index contributed by atoms with van der Waals surface area (Å²) >= 11 is 0. The fourth-order valence-corrected chi connectivity index (χ4v) is 8.52. The molecule has 54 heavy (non-hydrogen) atoms. The maximum Gasteiger partial charge on any atom is 0.413 e. The van der Waals surface area contributed by atoms with Gasteiger partial charge in [0.2, 0.25) is 0 Å². The summed E-state index contributed by atoms with van der Waals surface area (Å²) in [6.45, 7) is 17.8. The molecule has 0 bridgehead atoms. The lowest BCUT2D eigenvalue weighted by Gasteiger charge is -2.38. The molecule has 3 aliphatic rings. The van der Waals surface area contributed by atoms with Crippen molar-refractivity contribution >= 4 is 17.1 Å². The minimum Gasteiger partial charge on any atom is -0.449 e. The zero-order valence-corrected chi connectivity index (χ0v) is 34.2. The van der Waals surface area contributed by atoms with Gasteiger partial charge >= 0.3 is 17.1 Å². The molecule has 2 atom stereocenters. The van der Waals surface area contributed by atoms with Crippen LogP contribution in [0.25, 0.3) is 0 Å². The fourth-order valence-electron chi connectivity index (χ4n) is 6.48. The summed E-state index contributed by atoms with van der Waals surface area (Å²) in [4.78, 5) is 0. The van der Waals surface area contributed by atoms with Gasteiger partial charge in [-0.3, -0.25) is 0 Å². The number of benzene rings is 4. The van der Waals surface area contributed by atoms with Gasteiger partial charge in [0.1, 0.15) is 11.5 Å². The normalized spacial score (nSPS) is 21.2. The van der Waals surface area contributed by atoms with E-state index in [1.54, 1.807) is 0 Å². The summed E-state index contributed by atoms with van der Waals surface area (Å²) in [5.74, 6) is 4.03. The second-order valence-electron chi connectivity index (χ2n) is 16.3. The highest BCUT2D eigenvalue weighted by Gasteiger charge is 2.41. The van der Waals surface area contributed by atoms with Crippen LogP contribution in [-0.4, -0.2) is 0 Å². The fraction of sp³-hybridized carbons (Fsp3) is 0.289. The van der Waals surface area contributed by atoms with Crippen LogP contribution in [0.3, 0.4) is 0 Å². The predicted octanol–water partition coefficient (Wildman–Crippen LogP) is 12.5. The van der Waals surface area contributed by atoms with Crippen LogP contribution < -0.4 is 33.0 Å². The van der Waals surface area contributed by atoms with E-state index < -0.39 is 22.5 Å². The first-order valence-corrected chi connectivity index (χ1v) is 20.8. The lowest BCUT2D eigenvalue weighted by molar-refractivity contribution is 0.371. The van der Waals surface area contributed by atoms with E-state index >= 15 is 0 Å². The molecule has 0 saturated carbocycles. The SMILES string of the molecule is CC(C)(C)c1cc(OP2N/C=C\C=C\Cc3ccccc3O2)c2c(c1)C(C)(C)c1cc(C(C)(C)C)cc(OP3N/C=C\C=C\Cc4ccccc4O3)c1O2. The number of fused-ring (bicyclic) bond motifs is 4. The average molecular weight is 761 g/mol. The number of nitrogens with one attached hydrogen (secondary N) is 2. The van der Waals surface area contributed by atoms with E-state index in [-0.39, 0.29) is 10.8 Å². The minimum absolute atomic E-state index is 0.166. The van der Waals surface area contributed by atoms with Gasteiger partial charge in [-0.2, -0.15) is 0 Å². The van der Waals surface area contributed by atoms with E-state index in [0.717, 1.165) is 57.7 Å². The highest BCUT2D eigenvalue weighted by atomic mass is 31.2. The summed E-state index contributed by atoms with van der Waals surface area (Å²) in [7, 11) is -3.34. The van der Waals surface area contributed by atoms with Gasteiger partial charge in [-0.15, -0.1) is 0 Å². The van der Waals surface area contributed by atoms with E-state index in [2.05, 4.69) is 114 Å². The standard InChI is InChI=1S/C45H50N2O5P2/c1-43(2,3)33-27-35-41(39(29-33)51-53-46-25-17-9-11-19-31-21-13-15-23-37(31)49-53)48-42-36(45(35,7)8)28-34(44(4,5)6)30-40(42)52-54-47-26-18-10-12-20-32-22-14-16-24-38(32)50-54/h9-18,21-30,46-47H,19-20H2,1-8H3/b11-9+,12-10+,25-17-,26-18-. The Labute approximate surface area is 323 Å². The van der Waals surface area contributed by atoms with Crippen LogP contribution in [0.1, 0.15) is 88.8 Å². The van der Waals surface area contributed by atoms with E-state index in [1.165, 1.54) is 0 Å². The third-order valence-electron chi connectivity index (χ3n) is 9.79. The van der Waals surface area contributed by atoms with Gasteiger partial charge in [0.25, 0.3) is 0 Å². The maximum atomic E-state index is 7.08. The molecule has 3 heterocycles. The zero-order chi connectivity index (χ0) is 38.1. The average Bonchev–Trinajstić information content (AvgIpc) is 3.12. The molecule has 0 aliphatic carbocycles. The summed E-state index contributed by atoms with van der Waals surface area (Å²) in [5.41, 5.74) is 5.68.